The maximum atomic E-state index is 13.8. The van der Waals surface area contributed by atoms with Gasteiger partial charge in [-0.25, -0.2) is 4.39 Å². The molecule has 0 saturated heterocycles. The fraction of sp³-hybridized carbons (Fsp3) is 0.355. The summed E-state index contributed by atoms with van der Waals surface area (Å²) in [6, 6.07) is 20.7. The number of carbonyl (C=O) groups is 2. The second-order valence-corrected chi connectivity index (χ2v) is 11.7. The smallest absolute Gasteiger partial charge is 0.243 e. The molecule has 0 heterocycles. The third-order valence-corrected chi connectivity index (χ3v) is 8.69. The van der Waals surface area contributed by atoms with E-state index < -0.39 is 6.04 Å². The quantitative estimate of drug-likeness (QED) is 0.254. The normalized spacial score (nSPS) is 14.5. The van der Waals surface area contributed by atoms with Crippen molar-refractivity contribution < 1.29 is 14.0 Å². The molecule has 1 unspecified atom stereocenters. The molecular weight excluding hydrogens is 554 g/mol. The summed E-state index contributed by atoms with van der Waals surface area (Å²) in [6.45, 7) is 0.210. The molecule has 39 heavy (non-hydrogen) atoms. The zero-order valence-electron chi connectivity index (χ0n) is 21.8. The lowest BCUT2D eigenvalue weighted by atomic mass is 9.94. The SMILES string of the molecule is O=C(NC1CCCCC1)C(Cc1ccccc1)N(Cc1ccc(F)cc1)C(=O)CSCc1ccc(Cl)c(Cl)c1. The zero-order chi connectivity index (χ0) is 27.6. The average Bonchev–Trinajstić information content (AvgIpc) is 2.94. The second-order valence-electron chi connectivity index (χ2n) is 9.94. The number of nitrogens with zero attached hydrogens (tertiary/aromatic N) is 1. The van der Waals surface area contributed by atoms with Crippen molar-refractivity contribution in [2.24, 2.45) is 0 Å². The Hall–Kier alpha value is -2.54. The first kappa shape index (κ1) is 29.4. The topological polar surface area (TPSA) is 49.4 Å². The summed E-state index contributed by atoms with van der Waals surface area (Å²) >= 11 is 13.6. The van der Waals surface area contributed by atoms with Crippen molar-refractivity contribution in [1.82, 2.24) is 10.2 Å². The number of halogens is 3. The molecule has 2 amide bonds. The Labute approximate surface area is 244 Å². The minimum atomic E-state index is -0.697. The molecule has 0 radical (unpaired) electrons. The van der Waals surface area contributed by atoms with Crippen LogP contribution in [0.1, 0.15) is 48.8 Å². The number of hydrogen-bond donors (Lipinski definition) is 1. The fourth-order valence-corrected chi connectivity index (χ4v) is 6.03. The molecular formula is C31H33Cl2FN2O2S. The van der Waals surface area contributed by atoms with Crippen LogP contribution >= 0.6 is 35.0 Å². The Bertz CT molecular complexity index is 1240. The van der Waals surface area contributed by atoms with E-state index in [0.717, 1.165) is 42.4 Å². The van der Waals surface area contributed by atoms with Gasteiger partial charge in [-0.2, -0.15) is 0 Å². The maximum Gasteiger partial charge on any atom is 0.243 e. The number of nitrogens with one attached hydrogen (secondary N) is 1. The van der Waals surface area contributed by atoms with Gasteiger partial charge >= 0.3 is 0 Å². The van der Waals surface area contributed by atoms with E-state index in [0.29, 0.717) is 22.2 Å². The Morgan fingerprint density at radius 3 is 2.28 bits per heavy atom. The van der Waals surface area contributed by atoms with Crippen LogP contribution < -0.4 is 5.32 Å². The lowest BCUT2D eigenvalue weighted by Crippen LogP contribution is -2.53. The van der Waals surface area contributed by atoms with E-state index in [4.69, 9.17) is 23.2 Å². The van der Waals surface area contributed by atoms with Crippen molar-refractivity contribution in [3.8, 4) is 0 Å². The molecule has 0 aliphatic heterocycles. The van der Waals surface area contributed by atoms with Crippen LogP contribution in [-0.2, 0) is 28.3 Å². The molecule has 1 atom stereocenters. The molecule has 206 valence electrons. The molecule has 1 aliphatic rings. The third-order valence-electron chi connectivity index (χ3n) is 6.97. The minimum absolute atomic E-state index is 0.122. The van der Waals surface area contributed by atoms with Gasteiger partial charge in [-0.3, -0.25) is 9.59 Å². The van der Waals surface area contributed by atoms with E-state index in [1.807, 2.05) is 36.4 Å². The number of amides is 2. The fourth-order valence-electron chi connectivity index (χ4n) is 4.85. The second kappa shape index (κ2) is 14.7. The van der Waals surface area contributed by atoms with Gasteiger partial charge in [0, 0.05) is 24.8 Å². The standard InChI is InChI=1S/C31H33Cl2FN2O2S/c32-27-16-13-24(17-28(27)33)20-39-21-30(37)36(19-23-11-14-25(34)15-12-23)29(18-22-7-3-1-4-8-22)31(38)35-26-9-5-2-6-10-26/h1,3-4,7-8,11-17,26,29H,2,5-6,9-10,18-21H2,(H,35,38). The molecule has 8 heteroatoms. The molecule has 0 aromatic heterocycles. The van der Waals surface area contributed by atoms with Gasteiger partial charge in [0.05, 0.1) is 15.8 Å². The molecule has 3 aromatic carbocycles. The molecule has 0 spiro atoms. The summed E-state index contributed by atoms with van der Waals surface area (Å²) in [5.41, 5.74) is 2.70. The monoisotopic (exact) mass is 586 g/mol. The van der Waals surface area contributed by atoms with Crippen LogP contribution in [0.4, 0.5) is 4.39 Å². The lowest BCUT2D eigenvalue weighted by Gasteiger charge is -2.33. The summed E-state index contributed by atoms with van der Waals surface area (Å²) in [7, 11) is 0. The van der Waals surface area contributed by atoms with Crippen LogP contribution in [0.3, 0.4) is 0 Å². The number of thioether (sulfide) groups is 1. The highest BCUT2D eigenvalue weighted by Crippen LogP contribution is 2.25. The number of rotatable bonds is 11. The van der Waals surface area contributed by atoms with Crippen LogP contribution in [0.2, 0.25) is 10.0 Å². The summed E-state index contributed by atoms with van der Waals surface area (Å²) in [6.07, 6.45) is 5.68. The summed E-state index contributed by atoms with van der Waals surface area (Å²) < 4.78 is 13.6. The lowest BCUT2D eigenvalue weighted by molar-refractivity contribution is -0.139. The molecule has 1 aliphatic carbocycles. The van der Waals surface area contributed by atoms with Gasteiger partial charge in [0.25, 0.3) is 0 Å². The number of benzene rings is 3. The van der Waals surface area contributed by atoms with Gasteiger partial charge in [0.15, 0.2) is 0 Å². The third kappa shape index (κ3) is 8.99. The van der Waals surface area contributed by atoms with E-state index in [1.54, 1.807) is 29.2 Å². The predicted molar refractivity (Wildman–Crippen MR) is 159 cm³/mol. The van der Waals surface area contributed by atoms with Gasteiger partial charge in [0.2, 0.25) is 11.8 Å². The first-order valence-electron chi connectivity index (χ1n) is 13.3. The summed E-state index contributed by atoms with van der Waals surface area (Å²) in [4.78, 5) is 29.2. The molecule has 1 fully saturated rings. The van der Waals surface area contributed by atoms with Crippen molar-refractivity contribution in [2.45, 2.75) is 62.9 Å². The van der Waals surface area contributed by atoms with Gasteiger partial charge in [-0.15, -0.1) is 11.8 Å². The average molecular weight is 588 g/mol. The molecule has 1 N–H and O–H groups in total. The Morgan fingerprint density at radius 2 is 1.59 bits per heavy atom. The molecule has 4 rings (SSSR count). The van der Waals surface area contributed by atoms with Crippen molar-refractivity contribution in [2.75, 3.05) is 5.75 Å². The van der Waals surface area contributed by atoms with E-state index >= 15 is 0 Å². The van der Waals surface area contributed by atoms with Gasteiger partial charge in [-0.1, -0.05) is 91.0 Å². The van der Waals surface area contributed by atoms with Crippen LogP contribution in [0.25, 0.3) is 0 Å². The van der Waals surface area contributed by atoms with E-state index in [2.05, 4.69) is 5.32 Å². The molecule has 3 aromatic rings. The van der Waals surface area contributed by atoms with Crippen molar-refractivity contribution in [3.63, 3.8) is 0 Å². The number of carbonyl (C=O) groups excluding carboxylic acids is 2. The van der Waals surface area contributed by atoms with Crippen molar-refractivity contribution >= 4 is 46.8 Å². The molecule has 0 bridgehead atoms. The van der Waals surface area contributed by atoms with Crippen LogP contribution in [0.15, 0.2) is 72.8 Å². The van der Waals surface area contributed by atoms with E-state index in [1.165, 1.54) is 30.3 Å². The number of hydrogen-bond acceptors (Lipinski definition) is 3. The highest BCUT2D eigenvalue weighted by atomic mass is 35.5. The van der Waals surface area contributed by atoms with Gasteiger partial charge in [0.1, 0.15) is 11.9 Å². The Kier molecular flexibility index (Phi) is 11.1. The van der Waals surface area contributed by atoms with Crippen LogP contribution in [0, 0.1) is 5.82 Å². The molecule has 4 nitrogen and oxygen atoms in total. The van der Waals surface area contributed by atoms with Crippen LogP contribution in [0.5, 0.6) is 0 Å². The van der Waals surface area contributed by atoms with E-state index in [9.17, 15) is 14.0 Å². The van der Waals surface area contributed by atoms with Crippen LogP contribution in [-0.4, -0.2) is 34.6 Å². The first-order valence-corrected chi connectivity index (χ1v) is 15.2. The predicted octanol–water partition coefficient (Wildman–Crippen LogP) is 7.45. The minimum Gasteiger partial charge on any atom is -0.352 e. The summed E-state index contributed by atoms with van der Waals surface area (Å²) in [5.74, 6) is 0.123. The molecule has 1 saturated carbocycles. The van der Waals surface area contributed by atoms with Crippen molar-refractivity contribution in [1.29, 1.82) is 0 Å². The highest BCUT2D eigenvalue weighted by Gasteiger charge is 2.31. The Morgan fingerprint density at radius 1 is 0.897 bits per heavy atom. The maximum absolute atomic E-state index is 13.8. The van der Waals surface area contributed by atoms with E-state index in [-0.39, 0.29) is 36.0 Å². The summed E-state index contributed by atoms with van der Waals surface area (Å²) in [5, 5.41) is 4.20. The Balaban J connectivity index is 1.55. The first-order chi connectivity index (χ1) is 18.9. The van der Waals surface area contributed by atoms with Gasteiger partial charge < -0.3 is 10.2 Å². The highest BCUT2D eigenvalue weighted by molar-refractivity contribution is 7.99. The zero-order valence-corrected chi connectivity index (χ0v) is 24.1. The largest absolute Gasteiger partial charge is 0.352 e. The van der Waals surface area contributed by atoms with Gasteiger partial charge in [-0.05, 0) is 53.8 Å². The van der Waals surface area contributed by atoms with Crippen molar-refractivity contribution in [3.05, 3.63) is 105 Å².